The first-order chi connectivity index (χ1) is 14.3. The molecule has 144 valence electrons. The highest BCUT2D eigenvalue weighted by Crippen LogP contribution is 2.35. The maximum Gasteiger partial charge on any atom is 0.0125 e. The summed E-state index contributed by atoms with van der Waals surface area (Å²) in [5, 5.41) is 0. The molecule has 0 saturated heterocycles. The lowest BCUT2D eigenvalue weighted by Gasteiger charge is -2.13. The first kappa shape index (κ1) is 19.5. The number of aryl methyl sites for hydroxylation is 2. The Morgan fingerprint density at radius 1 is 0.517 bits per heavy atom. The minimum atomic E-state index is 1.03. The van der Waals surface area contributed by atoms with Gasteiger partial charge in [-0.15, -0.1) is 0 Å². The van der Waals surface area contributed by atoms with Crippen LogP contribution in [-0.2, 0) is 12.8 Å². The molecule has 4 rings (SSSR count). The van der Waals surface area contributed by atoms with Gasteiger partial charge in [-0.05, 0) is 70.5 Å². The van der Waals surface area contributed by atoms with Crippen molar-refractivity contribution in [2.45, 2.75) is 36.5 Å². The molecule has 1 heteroatoms. The van der Waals surface area contributed by atoms with Crippen molar-refractivity contribution in [2.75, 3.05) is 0 Å². The van der Waals surface area contributed by atoms with Gasteiger partial charge in [-0.2, -0.15) is 0 Å². The van der Waals surface area contributed by atoms with E-state index in [2.05, 4.69) is 111 Å². The van der Waals surface area contributed by atoms with Gasteiger partial charge in [0.25, 0.3) is 0 Å². The number of hydrogen-bond donors (Lipinski definition) is 0. The lowest BCUT2D eigenvalue weighted by Crippen LogP contribution is -1.90. The Hall–Kier alpha value is -2.77. The number of rotatable bonds is 6. The molecule has 0 fully saturated rings. The van der Waals surface area contributed by atoms with Crippen LogP contribution in [0.5, 0.6) is 0 Å². The molecule has 0 aliphatic rings. The first-order valence-electron chi connectivity index (χ1n) is 10.3. The molecule has 0 aromatic heterocycles. The molecule has 0 bridgehead atoms. The molecule has 0 spiro atoms. The van der Waals surface area contributed by atoms with Crippen LogP contribution in [0.15, 0.2) is 107 Å². The van der Waals surface area contributed by atoms with Gasteiger partial charge in [0.15, 0.2) is 0 Å². The van der Waals surface area contributed by atoms with Crippen LogP contribution in [-0.4, -0.2) is 0 Å². The van der Waals surface area contributed by atoms with E-state index in [1.165, 1.54) is 43.2 Å². The summed E-state index contributed by atoms with van der Waals surface area (Å²) in [6, 6.07) is 35.1. The second-order valence-corrected chi connectivity index (χ2v) is 8.33. The second kappa shape index (κ2) is 9.15. The van der Waals surface area contributed by atoms with Gasteiger partial charge < -0.3 is 0 Å². The fourth-order valence-corrected chi connectivity index (χ4v) is 4.73. The summed E-state index contributed by atoms with van der Waals surface area (Å²) in [7, 11) is 0. The molecular weight excluding hydrogens is 368 g/mol. The maximum atomic E-state index is 2.35. The van der Waals surface area contributed by atoms with Gasteiger partial charge in [0.2, 0.25) is 0 Å². The molecule has 0 N–H and O–H groups in total. The summed E-state index contributed by atoms with van der Waals surface area (Å²) < 4.78 is 0. The zero-order valence-corrected chi connectivity index (χ0v) is 17.9. The van der Waals surface area contributed by atoms with Gasteiger partial charge in [-0.3, -0.25) is 0 Å². The lowest BCUT2D eigenvalue weighted by atomic mass is 9.98. The van der Waals surface area contributed by atoms with E-state index in [0.717, 1.165) is 12.8 Å². The minimum absolute atomic E-state index is 1.03. The summed E-state index contributed by atoms with van der Waals surface area (Å²) in [5.74, 6) is 0. The van der Waals surface area contributed by atoms with E-state index < -0.39 is 0 Å². The van der Waals surface area contributed by atoms with E-state index in [1.54, 1.807) is 0 Å². The summed E-state index contributed by atoms with van der Waals surface area (Å²) >= 11 is 1.85. The van der Waals surface area contributed by atoms with Gasteiger partial charge in [-0.25, -0.2) is 0 Å². The largest absolute Gasteiger partial charge is 0.0901 e. The Bertz CT molecular complexity index is 993. The molecule has 0 amide bonds. The zero-order chi connectivity index (χ0) is 20.1. The van der Waals surface area contributed by atoms with Gasteiger partial charge >= 0.3 is 0 Å². The fourth-order valence-electron chi connectivity index (χ4n) is 3.79. The highest BCUT2D eigenvalue weighted by Gasteiger charge is 2.09. The van der Waals surface area contributed by atoms with Crippen LogP contribution in [0, 0.1) is 0 Å². The van der Waals surface area contributed by atoms with Crippen LogP contribution in [0.25, 0.3) is 22.3 Å². The molecule has 0 aliphatic carbocycles. The van der Waals surface area contributed by atoms with Crippen molar-refractivity contribution in [3.63, 3.8) is 0 Å². The third-order valence-corrected chi connectivity index (χ3v) is 6.30. The topological polar surface area (TPSA) is 0 Å². The van der Waals surface area contributed by atoms with Crippen molar-refractivity contribution < 1.29 is 0 Å². The van der Waals surface area contributed by atoms with E-state index in [9.17, 15) is 0 Å². The Morgan fingerprint density at radius 2 is 0.931 bits per heavy atom. The Kier molecular flexibility index (Phi) is 6.17. The van der Waals surface area contributed by atoms with Crippen molar-refractivity contribution in [2.24, 2.45) is 0 Å². The molecule has 0 aliphatic heterocycles. The van der Waals surface area contributed by atoms with Crippen molar-refractivity contribution in [3.05, 3.63) is 108 Å². The van der Waals surface area contributed by atoms with Gasteiger partial charge in [0, 0.05) is 9.79 Å². The Balaban J connectivity index is 1.62. The minimum Gasteiger partial charge on any atom is -0.0901 e. The quantitative estimate of drug-likeness (QED) is 0.317. The molecule has 0 nitrogen and oxygen atoms in total. The van der Waals surface area contributed by atoms with E-state index in [0.29, 0.717) is 0 Å². The molecule has 0 radical (unpaired) electrons. The first-order valence-corrected chi connectivity index (χ1v) is 11.1. The summed E-state index contributed by atoms with van der Waals surface area (Å²) in [6.07, 6.45) is 2.07. The predicted molar refractivity (Wildman–Crippen MR) is 127 cm³/mol. The van der Waals surface area contributed by atoms with E-state index in [1.807, 2.05) is 11.8 Å². The SMILES string of the molecule is CCc1cc(Sc2ccc(-c3ccccc3)c(CC)c2)ccc1-c1ccccc1. The molecule has 0 atom stereocenters. The van der Waals surface area contributed by atoms with E-state index in [-0.39, 0.29) is 0 Å². The van der Waals surface area contributed by atoms with Gasteiger partial charge in [-0.1, -0.05) is 98.4 Å². The molecule has 0 saturated carbocycles. The Labute approximate surface area is 178 Å². The number of hydrogen-bond acceptors (Lipinski definition) is 1. The molecule has 4 aromatic rings. The average molecular weight is 395 g/mol. The van der Waals surface area contributed by atoms with Crippen molar-refractivity contribution in [1.82, 2.24) is 0 Å². The van der Waals surface area contributed by atoms with Crippen LogP contribution < -0.4 is 0 Å². The van der Waals surface area contributed by atoms with E-state index in [4.69, 9.17) is 0 Å². The standard InChI is InChI=1S/C28H26S/c1-3-21-19-25(15-17-27(21)23-11-7-5-8-12-23)29-26-16-18-28(22(4-2)20-26)24-13-9-6-10-14-24/h5-20H,3-4H2,1-2H3. The van der Waals surface area contributed by atoms with Crippen LogP contribution in [0.4, 0.5) is 0 Å². The van der Waals surface area contributed by atoms with Gasteiger partial charge in [0.05, 0.1) is 0 Å². The molecule has 29 heavy (non-hydrogen) atoms. The smallest absolute Gasteiger partial charge is 0.0125 e. The Morgan fingerprint density at radius 3 is 1.31 bits per heavy atom. The van der Waals surface area contributed by atoms with Crippen molar-refractivity contribution in [1.29, 1.82) is 0 Å². The fraction of sp³-hybridized carbons (Fsp3) is 0.143. The normalized spacial score (nSPS) is 10.8. The predicted octanol–water partition coefficient (Wildman–Crippen LogP) is 8.30. The van der Waals surface area contributed by atoms with Crippen molar-refractivity contribution >= 4 is 11.8 Å². The maximum absolute atomic E-state index is 2.35. The summed E-state index contributed by atoms with van der Waals surface area (Å²) in [4.78, 5) is 2.60. The van der Waals surface area contributed by atoms with Crippen molar-refractivity contribution in [3.8, 4) is 22.3 Å². The number of benzene rings is 4. The third-order valence-electron chi connectivity index (χ3n) is 5.32. The molecule has 0 unspecified atom stereocenters. The summed E-state index contributed by atoms with van der Waals surface area (Å²) in [5.41, 5.74) is 8.07. The third kappa shape index (κ3) is 4.46. The highest BCUT2D eigenvalue weighted by atomic mass is 32.2. The van der Waals surface area contributed by atoms with Crippen LogP contribution in [0.3, 0.4) is 0 Å². The highest BCUT2D eigenvalue weighted by molar-refractivity contribution is 7.99. The molecular formula is C28H26S. The molecule has 0 heterocycles. The summed E-state index contributed by atoms with van der Waals surface area (Å²) in [6.45, 7) is 4.47. The van der Waals surface area contributed by atoms with Crippen LogP contribution >= 0.6 is 11.8 Å². The van der Waals surface area contributed by atoms with Crippen LogP contribution in [0.1, 0.15) is 25.0 Å². The van der Waals surface area contributed by atoms with Crippen LogP contribution in [0.2, 0.25) is 0 Å². The van der Waals surface area contributed by atoms with E-state index >= 15 is 0 Å². The molecule has 4 aromatic carbocycles. The van der Waals surface area contributed by atoms with Gasteiger partial charge in [0.1, 0.15) is 0 Å². The average Bonchev–Trinajstić information content (AvgIpc) is 2.80. The lowest BCUT2D eigenvalue weighted by molar-refractivity contribution is 1.12. The second-order valence-electron chi connectivity index (χ2n) is 7.18. The zero-order valence-electron chi connectivity index (χ0n) is 17.1. The monoisotopic (exact) mass is 394 g/mol.